The minimum Gasteiger partial charge on any atom is -0.462 e. The fraction of sp³-hybridized carbons (Fsp3) is 0.579. The molecule has 0 bridgehead atoms. The molecular weight excluding hydrogens is 304 g/mol. The molecule has 1 aromatic carbocycles. The van der Waals surface area contributed by atoms with Crippen LogP contribution in [-0.4, -0.2) is 42.5 Å². The molecular formula is C19H30N2O3. The first-order valence-corrected chi connectivity index (χ1v) is 8.82. The second-order valence-corrected chi connectivity index (χ2v) is 5.89. The van der Waals surface area contributed by atoms with Gasteiger partial charge in [-0.2, -0.15) is 0 Å². The summed E-state index contributed by atoms with van der Waals surface area (Å²) in [6, 6.07) is 7.02. The lowest BCUT2D eigenvalue weighted by Crippen LogP contribution is -2.35. The van der Waals surface area contributed by atoms with Crippen molar-refractivity contribution in [2.45, 2.75) is 53.0 Å². The maximum atomic E-state index is 12.1. The molecule has 0 saturated carbocycles. The van der Waals surface area contributed by atoms with Crippen LogP contribution < -0.4 is 5.32 Å². The summed E-state index contributed by atoms with van der Waals surface area (Å²) in [6.07, 6.45) is 2.30. The van der Waals surface area contributed by atoms with Gasteiger partial charge in [0.25, 0.3) is 0 Å². The van der Waals surface area contributed by atoms with Gasteiger partial charge in [0.15, 0.2) is 0 Å². The summed E-state index contributed by atoms with van der Waals surface area (Å²) in [5.41, 5.74) is 1.19. The van der Waals surface area contributed by atoms with E-state index in [1.165, 1.54) is 0 Å². The molecule has 0 spiro atoms. The van der Waals surface area contributed by atoms with Crippen molar-refractivity contribution >= 4 is 17.6 Å². The van der Waals surface area contributed by atoms with E-state index in [4.69, 9.17) is 4.74 Å². The highest BCUT2D eigenvalue weighted by Gasteiger charge is 2.15. The Morgan fingerprint density at radius 1 is 1.12 bits per heavy atom. The van der Waals surface area contributed by atoms with Crippen LogP contribution in [0.3, 0.4) is 0 Å². The summed E-state index contributed by atoms with van der Waals surface area (Å²) in [6.45, 7) is 10.6. The van der Waals surface area contributed by atoms with Gasteiger partial charge in [0.1, 0.15) is 0 Å². The number of carbonyl (C=O) groups excluding carboxylic acids is 2. The molecule has 0 aliphatic heterocycles. The summed E-state index contributed by atoms with van der Waals surface area (Å²) < 4.78 is 5.16. The number of unbranched alkanes of at least 4 members (excludes halogenated alkanes) is 1. The highest BCUT2D eigenvalue weighted by molar-refractivity contribution is 5.93. The molecule has 1 aromatic rings. The topological polar surface area (TPSA) is 58.6 Å². The highest BCUT2D eigenvalue weighted by atomic mass is 16.5. The molecule has 0 saturated heterocycles. The smallest absolute Gasteiger partial charge is 0.338 e. The van der Waals surface area contributed by atoms with E-state index in [0.717, 1.165) is 25.9 Å². The molecule has 1 rings (SSSR count). The van der Waals surface area contributed by atoms with Crippen LogP contribution in [0.1, 0.15) is 57.3 Å². The Balaban J connectivity index is 2.51. The molecule has 1 unspecified atom stereocenters. The highest BCUT2D eigenvalue weighted by Crippen LogP contribution is 2.12. The van der Waals surface area contributed by atoms with Crippen LogP contribution in [0.15, 0.2) is 24.3 Å². The lowest BCUT2D eigenvalue weighted by molar-refractivity contribution is -0.117. The van der Waals surface area contributed by atoms with Gasteiger partial charge < -0.3 is 15.0 Å². The first kappa shape index (κ1) is 20.2. The van der Waals surface area contributed by atoms with Gasteiger partial charge in [-0.1, -0.05) is 27.2 Å². The molecule has 5 nitrogen and oxygen atoms in total. The van der Waals surface area contributed by atoms with E-state index in [9.17, 15) is 9.59 Å². The number of benzene rings is 1. The van der Waals surface area contributed by atoms with Crippen LogP contribution >= 0.6 is 0 Å². The Kier molecular flexibility index (Phi) is 9.08. The van der Waals surface area contributed by atoms with Gasteiger partial charge in [-0.3, -0.25) is 4.79 Å². The number of anilines is 1. The molecule has 5 heteroatoms. The van der Waals surface area contributed by atoms with Gasteiger partial charge in [-0.15, -0.1) is 0 Å². The van der Waals surface area contributed by atoms with Crippen molar-refractivity contribution in [1.29, 1.82) is 0 Å². The number of hydrogen-bond donors (Lipinski definition) is 1. The first-order chi connectivity index (χ1) is 11.5. The Hall–Kier alpha value is -1.88. The zero-order chi connectivity index (χ0) is 17.9. The predicted molar refractivity (Wildman–Crippen MR) is 97.3 cm³/mol. The SMILES string of the molecule is CCCCOC(=O)c1ccc(NC(=O)CC(C)N(CC)CC)cc1. The number of ether oxygens (including phenoxy) is 1. The molecule has 1 atom stereocenters. The van der Waals surface area contributed by atoms with Gasteiger partial charge >= 0.3 is 5.97 Å². The van der Waals surface area contributed by atoms with E-state index in [0.29, 0.717) is 24.3 Å². The van der Waals surface area contributed by atoms with Gasteiger partial charge in [-0.25, -0.2) is 4.79 Å². The summed E-state index contributed by atoms with van der Waals surface area (Å²) in [4.78, 5) is 26.2. The number of esters is 1. The number of hydrogen-bond acceptors (Lipinski definition) is 4. The fourth-order valence-electron chi connectivity index (χ4n) is 2.54. The van der Waals surface area contributed by atoms with Gasteiger partial charge in [0, 0.05) is 18.2 Å². The molecule has 0 heterocycles. The van der Waals surface area contributed by atoms with Crippen LogP contribution in [0.2, 0.25) is 0 Å². The van der Waals surface area contributed by atoms with Crippen molar-refractivity contribution in [3.63, 3.8) is 0 Å². The van der Waals surface area contributed by atoms with Crippen LogP contribution in [0.5, 0.6) is 0 Å². The van der Waals surface area contributed by atoms with Gasteiger partial charge in [0.05, 0.1) is 12.2 Å². The minimum absolute atomic E-state index is 0.0207. The molecule has 0 aliphatic carbocycles. The summed E-state index contributed by atoms with van der Waals surface area (Å²) in [7, 11) is 0. The normalized spacial score (nSPS) is 12.0. The number of rotatable bonds is 10. The molecule has 0 fully saturated rings. The van der Waals surface area contributed by atoms with E-state index in [1.54, 1.807) is 24.3 Å². The Bertz CT molecular complexity index is 510. The fourth-order valence-corrected chi connectivity index (χ4v) is 2.54. The maximum Gasteiger partial charge on any atom is 0.338 e. The summed E-state index contributed by atoms with van der Waals surface area (Å²) in [5, 5.41) is 2.88. The zero-order valence-corrected chi connectivity index (χ0v) is 15.3. The Morgan fingerprint density at radius 3 is 2.29 bits per heavy atom. The lowest BCUT2D eigenvalue weighted by atomic mass is 10.1. The Morgan fingerprint density at radius 2 is 1.75 bits per heavy atom. The molecule has 0 radical (unpaired) electrons. The molecule has 0 aromatic heterocycles. The van der Waals surface area contributed by atoms with E-state index in [2.05, 4.69) is 31.0 Å². The van der Waals surface area contributed by atoms with E-state index >= 15 is 0 Å². The van der Waals surface area contributed by atoms with Crippen molar-refractivity contribution in [2.75, 3.05) is 25.0 Å². The van der Waals surface area contributed by atoms with Crippen molar-refractivity contribution in [1.82, 2.24) is 4.90 Å². The summed E-state index contributed by atoms with van der Waals surface area (Å²) in [5.74, 6) is -0.343. The third-order valence-corrected chi connectivity index (χ3v) is 4.05. The van der Waals surface area contributed by atoms with Crippen LogP contribution in [0.4, 0.5) is 5.69 Å². The monoisotopic (exact) mass is 334 g/mol. The lowest BCUT2D eigenvalue weighted by Gasteiger charge is -2.25. The summed E-state index contributed by atoms with van der Waals surface area (Å²) >= 11 is 0. The van der Waals surface area contributed by atoms with Gasteiger partial charge in [-0.05, 0) is 50.7 Å². The second-order valence-electron chi connectivity index (χ2n) is 5.89. The number of nitrogens with zero attached hydrogens (tertiary/aromatic N) is 1. The Labute approximate surface area is 145 Å². The quantitative estimate of drug-likeness (QED) is 0.523. The molecule has 1 N–H and O–H groups in total. The van der Waals surface area contributed by atoms with Gasteiger partial charge in [0.2, 0.25) is 5.91 Å². The van der Waals surface area contributed by atoms with Crippen molar-refractivity contribution in [2.24, 2.45) is 0 Å². The molecule has 0 aliphatic rings. The average molecular weight is 334 g/mol. The zero-order valence-electron chi connectivity index (χ0n) is 15.3. The van der Waals surface area contributed by atoms with E-state index < -0.39 is 0 Å². The van der Waals surface area contributed by atoms with E-state index in [-0.39, 0.29) is 17.9 Å². The average Bonchev–Trinajstić information content (AvgIpc) is 2.56. The first-order valence-electron chi connectivity index (χ1n) is 8.82. The standard InChI is InChI=1S/C19H30N2O3/c1-5-8-13-24-19(23)16-9-11-17(12-10-16)20-18(22)14-15(4)21(6-2)7-3/h9-12,15H,5-8,13-14H2,1-4H3,(H,20,22). The predicted octanol–water partition coefficient (Wildman–Crippen LogP) is 3.70. The minimum atomic E-state index is -0.323. The van der Waals surface area contributed by atoms with Crippen molar-refractivity contribution < 1.29 is 14.3 Å². The molecule has 134 valence electrons. The number of amides is 1. The third kappa shape index (κ3) is 6.71. The van der Waals surface area contributed by atoms with E-state index in [1.807, 2.05) is 6.92 Å². The van der Waals surface area contributed by atoms with Crippen molar-refractivity contribution in [3.8, 4) is 0 Å². The van der Waals surface area contributed by atoms with Crippen LogP contribution in [-0.2, 0) is 9.53 Å². The van der Waals surface area contributed by atoms with Crippen LogP contribution in [0.25, 0.3) is 0 Å². The maximum absolute atomic E-state index is 12.1. The largest absolute Gasteiger partial charge is 0.462 e. The second kappa shape index (κ2) is 10.8. The number of carbonyl (C=O) groups is 2. The van der Waals surface area contributed by atoms with Crippen molar-refractivity contribution in [3.05, 3.63) is 29.8 Å². The van der Waals surface area contributed by atoms with Crippen LogP contribution in [0, 0.1) is 0 Å². The third-order valence-electron chi connectivity index (χ3n) is 4.05. The molecule has 1 amide bonds. The molecule has 24 heavy (non-hydrogen) atoms. The number of nitrogens with one attached hydrogen (secondary N) is 1.